The van der Waals surface area contributed by atoms with Crippen LogP contribution in [0.15, 0.2) is 24.3 Å². The minimum Gasteiger partial charge on any atom is -0.351 e. The van der Waals surface area contributed by atoms with Crippen molar-refractivity contribution in [2.24, 2.45) is 0 Å². The summed E-state index contributed by atoms with van der Waals surface area (Å²) in [5.41, 5.74) is 0.735. The average Bonchev–Trinajstić information content (AvgIpc) is 2.27. The molecule has 0 unspecified atom stereocenters. The Morgan fingerprint density at radius 1 is 1.50 bits per heavy atom. The summed E-state index contributed by atoms with van der Waals surface area (Å²) in [6.07, 6.45) is 0. The van der Waals surface area contributed by atoms with Gasteiger partial charge in [0.25, 0.3) is 5.69 Å². The molecule has 6 heteroatoms. The monoisotopic (exact) mass is 223 g/mol. The van der Waals surface area contributed by atoms with Crippen LogP contribution in [-0.2, 0) is 11.3 Å². The zero-order chi connectivity index (χ0) is 12.0. The van der Waals surface area contributed by atoms with Crippen molar-refractivity contribution in [3.63, 3.8) is 0 Å². The molecule has 0 atom stereocenters. The average molecular weight is 223 g/mol. The number of amides is 1. The Morgan fingerprint density at radius 2 is 2.25 bits per heavy atom. The number of nitrogens with zero attached hydrogens (tertiary/aromatic N) is 1. The van der Waals surface area contributed by atoms with E-state index in [1.807, 2.05) is 0 Å². The maximum Gasteiger partial charge on any atom is 0.269 e. The maximum absolute atomic E-state index is 11.1. The fourth-order valence-corrected chi connectivity index (χ4v) is 1.20. The van der Waals surface area contributed by atoms with Crippen LogP contribution in [0.25, 0.3) is 0 Å². The van der Waals surface area contributed by atoms with Crippen LogP contribution in [0.1, 0.15) is 5.56 Å². The molecule has 0 radical (unpaired) electrons. The number of nitrogens with one attached hydrogen (secondary N) is 2. The Labute approximate surface area is 92.8 Å². The van der Waals surface area contributed by atoms with Gasteiger partial charge in [0.05, 0.1) is 11.5 Å². The smallest absolute Gasteiger partial charge is 0.269 e. The van der Waals surface area contributed by atoms with Crippen molar-refractivity contribution in [1.82, 2.24) is 10.6 Å². The fourth-order valence-electron chi connectivity index (χ4n) is 1.20. The molecule has 1 aromatic rings. The lowest BCUT2D eigenvalue weighted by molar-refractivity contribution is -0.384. The van der Waals surface area contributed by atoms with Crippen LogP contribution in [0.2, 0.25) is 0 Å². The molecular weight excluding hydrogens is 210 g/mol. The lowest BCUT2D eigenvalue weighted by Crippen LogP contribution is -2.31. The quantitative estimate of drug-likeness (QED) is 0.560. The molecule has 0 saturated heterocycles. The Balaban J connectivity index is 2.57. The van der Waals surface area contributed by atoms with E-state index >= 15 is 0 Å². The van der Waals surface area contributed by atoms with E-state index in [0.717, 1.165) is 0 Å². The number of non-ortho nitro benzene ring substituents is 1. The fraction of sp³-hybridized carbons (Fsp3) is 0.300. The van der Waals surface area contributed by atoms with E-state index in [4.69, 9.17) is 0 Å². The molecule has 1 amide bonds. The Bertz CT molecular complexity index is 393. The number of nitro groups is 1. The van der Waals surface area contributed by atoms with Gasteiger partial charge in [0.1, 0.15) is 0 Å². The molecule has 0 fully saturated rings. The summed E-state index contributed by atoms with van der Waals surface area (Å²) in [7, 11) is 1.67. The second-order valence-electron chi connectivity index (χ2n) is 3.23. The molecule has 0 aliphatic carbocycles. The van der Waals surface area contributed by atoms with Crippen LogP contribution in [0.5, 0.6) is 0 Å². The number of hydrogen-bond donors (Lipinski definition) is 2. The van der Waals surface area contributed by atoms with E-state index < -0.39 is 4.92 Å². The lowest BCUT2D eigenvalue weighted by atomic mass is 10.2. The summed E-state index contributed by atoms with van der Waals surface area (Å²) in [6.45, 7) is 0.525. The van der Waals surface area contributed by atoms with Gasteiger partial charge >= 0.3 is 0 Å². The van der Waals surface area contributed by atoms with Gasteiger partial charge < -0.3 is 10.6 Å². The number of carbonyl (C=O) groups excluding carboxylic acids is 1. The van der Waals surface area contributed by atoms with Gasteiger partial charge in [-0.1, -0.05) is 12.1 Å². The van der Waals surface area contributed by atoms with E-state index in [9.17, 15) is 14.9 Å². The van der Waals surface area contributed by atoms with Crippen molar-refractivity contribution in [3.05, 3.63) is 39.9 Å². The molecule has 86 valence electrons. The molecule has 6 nitrogen and oxygen atoms in total. The van der Waals surface area contributed by atoms with Crippen molar-refractivity contribution in [2.45, 2.75) is 6.54 Å². The number of carbonyl (C=O) groups is 1. The van der Waals surface area contributed by atoms with Gasteiger partial charge in [-0.05, 0) is 12.6 Å². The first kappa shape index (κ1) is 12.1. The van der Waals surface area contributed by atoms with Crippen molar-refractivity contribution in [1.29, 1.82) is 0 Å². The predicted molar refractivity (Wildman–Crippen MR) is 58.9 cm³/mol. The van der Waals surface area contributed by atoms with Gasteiger partial charge in [0.2, 0.25) is 5.91 Å². The molecule has 1 aromatic carbocycles. The largest absolute Gasteiger partial charge is 0.351 e. The van der Waals surface area contributed by atoms with E-state index in [1.165, 1.54) is 12.1 Å². The highest BCUT2D eigenvalue weighted by Crippen LogP contribution is 2.12. The molecular formula is C10H13N3O3. The maximum atomic E-state index is 11.1. The van der Waals surface area contributed by atoms with Gasteiger partial charge in [-0.2, -0.15) is 0 Å². The normalized spacial score (nSPS) is 9.81. The predicted octanol–water partition coefficient (Wildman–Crippen LogP) is 0.430. The zero-order valence-corrected chi connectivity index (χ0v) is 8.90. The standard InChI is InChI=1S/C10H13N3O3/c1-11-7-10(14)12-6-8-3-2-4-9(5-8)13(15)16/h2-5,11H,6-7H2,1H3,(H,12,14). The minimum absolute atomic E-state index is 0.0281. The molecule has 16 heavy (non-hydrogen) atoms. The third-order valence-corrected chi connectivity index (χ3v) is 1.95. The summed E-state index contributed by atoms with van der Waals surface area (Å²) in [5.74, 6) is -0.144. The second-order valence-corrected chi connectivity index (χ2v) is 3.23. The van der Waals surface area contributed by atoms with Gasteiger partial charge in [-0.25, -0.2) is 0 Å². The second kappa shape index (κ2) is 5.82. The first-order valence-corrected chi connectivity index (χ1v) is 4.78. The highest BCUT2D eigenvalue weighted by Gasteiger charge is 2.06. The molecule has 1 rings (SSSR count). The first-order chi connectivity index (χ1) is 7.63. The highest BCUT2D eigenvalue weighted by atomic mass is 16.6. The van der Waals surface area contributed by atoms with E-state index in [-0.39, 0.29) is 18.1 Å². The Morgan fingerprint density at radius 3 is 2.88 bits per heavy atom. The molecule has 0 saturated carbocycles. The lowest BCUT2D eigenvalue weighted by Gasteiger charge is -2.04. The summed E-state index contributed by atoms with van der Waals surface area (Å²) in [5, 5.41) is 15.9. The van der Waals surface area contributed by atoms with Crippen LogP contribution in [-0.4, -0.2) is 24.4 Å². The molecule has 0 aliphatic heterocycles. The molecule has 0 aromatic heterocycles. The summed E-state index contributed by atoms with van der Waals surface area (Å²) < 4.78 is 0. The van der Waals surface area contributed by atoms with Crippen molar-refractivity contribution >= 4 is 11.6 Å². The summed E-state index contributed by atoms with van der Waals surface area (Å²) in [6, 6.07) is 6.18. The molecule has 2 N–H and O–H groups in total. The minimum atomic E-state index is -0.459. The number of rotatable bonds is 5. The number of hydrogen-bond acceptors (Lipinski definition) is 4. The number of likely N-dealkylation sites (N-methyl/N-ethyl adjacent to an activating group) is 1. The van der Waals surface area contributed by atoms with E-state index in [1.54, 1.807) is 19.2 Å². The molecule has 0 spiro atoms. The Kier molecular flexibility index (Phi) is 4.41. The van der Waals surface area contributed by atoms with Gasteiger partial charge in [-0.15, -0.1) is 0 Å². The van der Waals surface area contributed by atoms with Gasteiger partial charge in [0, 0.05) is 18.7 Å². The van der Waals surface area contributed by atoms with Crippen LogP contribution in [0, 0.1) is 10.1 Å². The number of nitro benzene ring substituents is 1. The van der Waals surface area contributed by atoms with Crippen LogP contribution in [0.4, 0.5) is 5.69 Å². The van der Waals surface area contributed by atoms with Crippen molar-refractivity contribution in [3.8, 4) is 0 Å². The van der Waals surface area contributed by atoms with E-state index in [2.05, 4.69) is 10.6 Å². The van der Waals surface area contributed by atoms with Crippen LogP contribution < -0.4 is 10.6 Å². The van der Waals surface area contributed by atoms with Crippen LogP contribution >= 0.6 is 0 Å². The molecule has 0 heterocycles. The first-order valence-electron chi connectivity index (χ1n) is 4.78. The van der Waals surface area contributed by atoms with E-state index in [0.29, 0.717) is 12.1 Å². The molecule has 0 aliphatic rings. The summed E-state index contributed by atoms with van der Waals surface area (Å²) >= 11 is 0. The van der Waals surface area contributed by atoms with Gasteiger partial charge in [0.15, 0.2) is 0 Å². The molecule has 0 bridgehead atoms. The van der Waals surface area contributed by atoms with Gasteiger partial charge in [-0.3, -0.25) is 14.9 Å². The SMILES string of the molecule is CNCC(=O)NCc1cccc([N+](=O)[O-])c1. The third-order valence-electron chi connectivity index (χ3n) is 1.95. The third kappa shape index (κ3) is 3.66. The zero-order valence-electron chi connectivity index (χ0n) is 8.90. The number of benzene rings is 1. The topological polar surface area (TPSA) is 84.3 Å². The van der Waals surface area contributed by atoms with Crippen molar-refractivity contribution in [2.75, 3.05) is 13.6 Å². The van der Waals surface area contributed by atoms with Crippen LogP contribution in [0.3, 0.4) is 0 Å². The van der Waals surface area contributed by atoms with Crippen molar-refractivity contribution < 1.29 is 9.72 Å². The summed E-state index contributed by atoms with van der Waals surface area (Å²) in [4.78, 5) is 21.2. The highest BCUT2D eigenvalue weighted by molar-refractivity contribution is 5.77. The Hall–Kier alpha value is -1.95.